The fourth-order valence-electron chi connectivity index (χ4n) is 6.46. The molecule has 0 aromatic heterocycles. The number of cyclic esters (lactones) is 1. The lowest BCUT2D eigenvalue weighted by Gasteiger charge is -2.57. The number of imide groups is 1. The van der Waals surface area contributed by atoms with Gasteiger partial charge in [-0.3, -0.25) is 14.1 Å². The van der Waals surface area contributed by atoms with Crippen LogP contribution >= 0.6 is 6.34 Å². The molecule has 0 radical (unpaired) electrons. The maximum Gasteiger partial charge on any atom is 0.416 e. The van der Waals surface area contributed by atoms with Gasteiger partial charge in [0.1, 0.15) is 6.61 Å². The molecule has 34 heavy (non-hydrogen) atoms. The highest BCUT2D eigenvalue weighted by Gasteiger charge is 2.75. The summed E-state index contributed by atoms with van der Waals surface area (Å²) < 4.78 is 10.3. The first-order valence-corrected chi connectivity index (χ1v) is 19.3. The minimum absolute atomic E-state index is 0.0576. The lowest BCUT2D eigenvalue weighted by molar-refractivity contribution is -0.131. The van der Waals surface area contributed by atoms with Gasteiger partial charge in [0.05, 0.1) is 20.5 Å². The van der Waals surface area contributed by atoms with E-state index >= 15 is 0 Å². The summed E-state index contributed by atoms with van der Waals surface area (Å²) >= 11 is 6.99. The second-order valence-electron chi connectivity index (χ2n) is 12.7. The van der Waals surface area contributed by atoms with Crippen LogP contribution in [0.2, 0.25) is 19.6 Å². The molecule has 2 rings (SSSR count). The average molecular weight is 532 g/mol. The van der Waals surface area contributed by atoms with Crippen LogP contribution in [0.15, 0.2) is 0 Å². The van der Waals surface area contributed by atoms with E-state index in [9.17, 15) is 9.59 Å². The predicted molar refractivity (Wildman–Crippen MR) is 150 cm³/mol. The Bertz CT molecular complexity index is 787. The third-order valence-corrected chi connectivity index (χ3v) is 21.0. The van der Waals surface area contributed by atoms with E-state index in [0.29, 0.717) is 0 Å². The normalized spacial score (nSPS) is 26.2. The molecular weight excluding hydrogens is 481 g/mol. The van der Waals surface area contributed by atoms with Gasteiger partial charge in [-0.25, -0.2) is 9.69 Å². The summed E-state index contributed by atoms with van der Waals surface area (Å²) in [5.74, 6) is -0.126. The zero-order chi connectivity index (χ0) is 26.5. The first-order valence-electron chi connectivity index (χ1n) is 13.0. The molecule has 1 heterocycles. The molecule has 0 spiro atoms. The molecule has 0 aromatic carbocycles. The number of hydrogen-bond donors (Lipinski definition) is 0. The lowest BCUT2D eigenvalue weighted by atomic mass is 10.0. The van der Waals surface area contributed by atoms with Crippen LogP contribution in [0.25, 0.3) is 0 Å². The Balaban J connectivity index is 2.76. The SMILES string of the molecule is CC(C)[C@@H]1COC(=O)N1C(=O)[C@H]1C[C@@]1([Si](C)(C)C)P(=S)(N(C(C)C)C(C)C)N(C(C)C)C(C)C. The summed E-state index contributed by atoms with van der Waals surface area (Å²) in [5.41, 5.74) is 0. The topological polar surface area (TPSA) is 53.1 Å². The zero-order valence-electron chi connectivity index (χ0n) is 23.9. The molecule has 0 aromatic rings. The number of hydrogen-bond acceptors (Lipinski definition) is 4. The maximum atomic E-state index is 14.1. The van der Waals surface area contributed by atoms with Gasteiger partial charge in [0.25, 0.3) is 0 Å². The van der Waals surface area contributed by atoms with Crippen molar-refractivity contribution in [2.75, 3.05) is 6.61 Å². The quantitative estimate of drug-likeness (QED) is 0.248. The molecule has 0 bridgehead atoms. The monoisotopic (exact) mass is 531 g/mol. The van der Waals surface area contributed by atoms with Crippen molar-refractivity contribution in [3.63, 3.8) is 0 Å². The van der Waals surface area contributed by atoms with Crippen molar-refractivity contribution in [1.82, 2.24) is 14.2 Å². The summed E-state index contributed by atoms with van der Waals surface area (Å²) in [6.07, 6.45) is -2.14. The highest BCUT2D eigenvalue weighted by Crippen LogP contribution is 2.80. The molecule has 0 unspecified atom stereocenters. The van der Waals surface area contributed by atoms with Crippen LogP contribution in [0.5, 0.6) is 0 Å². The summed E-state index contributed by atoms with van der Waals surface area (Å²) in [4.78, 5) is 28.3. The van der Waals surface area contributed by atoms with Crippen molar-refractivity contribution < 1.29 is 14.3 Å². The number of ether oxygens (including phenoxy) is 1. The molecule has 0 N–H and O–H groups in total. The molecule has 6 nitrogen and oxygen atoms in total. The van der Waals surface area contributed by atoms with Gasteiger partial charge in [0.15, 0.2) is 0 Å². The van der Waals surface area contributed by atoms with Gasteiger partial charge in [-0.1, -0.05) is 45.3 Å². The van der Waals surface area contributed by atoms with Crippen LogP contribution < -0.4 is 0 Å². The fraction of sp³-hybridized carbons (Fsp3) is 0.920. The molecule has 9 heteroatoms. The number of carbonyl (C=O) groups excluding carboxylic acids is 2. The van der Waals surface area contributed by atoms with E-state index in [2.05, 4.69) is 98.2 Å². The molecule has 2 amide bonds. The van der Waals surface area contributed by atoms with Crippen molar-refractivity contribution in [2.45, 2.75) is 130 Å². The number of nitrogens with zero attached hydrogens (tertiary/aromatic N) is 3. The van der Waals surface area contributed by atoms with Crippen molar-refractivity contribution in [3.05, 3.63) is 0 Å². The smallest absolute Gasteiger partial charge is 0.416 e. The van der Waals surface area contributed by atoms with Crippen molar-refractivity contribution in [3.8, 4) is 0 Å². The minimum Gasteiger partial charge on any atom is -0.447 e. The minimum atomic E-state index is -2.43. The second kappa shape index (κ2) is 10.2. The van der Waals surface area contributed by atoms with Crippen LogP contribution in [-0.2, 0) is 21.3 Å². The third kappa shape index (κ3) is 4.71. The van der Waals surface area contributed by atoms with Gasteiger partial charge in [0.2, 0.25) is 5.91 Å². The number of carbonyl (C=O) groups is 2. The molecular formula is C25H50N3O3PSSi. The van der Waals surface area contributed by atoms with Crippen molar-refractivity contribution >= 4 is 38.2 Å². The fourth-order valence-corrected chi connectivity index (χ4v) is 22.5. The molecule has 1 aliphatic carbocycles. The largest absolute Gasteiger partial charge is 0.447 e. The predicted octanol–water partition coefficient (Wildman–Crippen LogP) is 6.17. The van der Waals surface area contributed by atoms with Crippen LogP contribution in [0.4, 0.5) is 4.79 Å². The Hall–Kier alpha value is -0.273. The van der Waals surface area contributed by atoms with Gasteiger partial charge in [0, 0.05) is 34.9 Å². The first-order chi connectivity index (χ1) is 15.4. The Kier molecular flexibility index (Phi) is 9.02. The van der Waals surface area contributed by atoms with Gasteiger partial charge >= 0.3 is 6.09 Å². The Morgan fingerprint density at radius 3 is 1.71 bits per heavy atom. The standard InChI is InChI=1S/C25H50N3O3PSSi/c1-16(2)22-15-31-24(30)26(22)23(29)21-14-25(21,34(11,12)13)32(33,27(17(3)4)18(5)6)28(19(7)8)20(9)10/h16-22H,14-15H2,1-13H3/t21-,22+,25+/m1/s1. The van der Waals surface area contributed by atoms with Crippen LogP contribution in [0.1, 0.15) is 75.7 Å². The molecule has 198 valence electrons. The summed E-state index contributed by atoms with van der Waals surface area (Å²) in [5, 5.41) is 0. The first kappa shape index (κ1) is 30.0. The highest BCUT2D eigenvalue weighted by molar-refractivity contribution is 8.14. The molecule has 2 aliphatic rings. The zero-order valence-corrected chi connectivity index (χ0v) is 26.6. The Labute approximate surface area is 215 Å². The molecule has 1 aliphatic heterocycles. The van der Waals surface area contributed by atoms with Crippen LogP contribution in [0.3, 0.4) is 0 Å². The summed E-state index contributed by atoms with van der Waals surface area (Å²) in [7, 11) is -2.00. The molecule has 2 fully saturated rings. The van der Waals surface area contributed by atoms with Crippen molar-refractivity contribution in [1.29, 1.82) is 0 Å². The highest BCUT2D eigenvalue weighted by atomic mass is 32.4. The average Bonchev–Trinajstić information content (AvgIpc) is 3.30. The Morgan fingerprint density at radius 1 is 0.971 bits per heavy atom. The molecule has 3 atom stereocenters. The van der Waals surface area contributed by atoms with Gasteiger partial charge < -0.3 is 4.74 Å². The van der Waals surface area contributed by atoms with E-state index in [1.165, 1.54) is 4.90 Å². The lowest BCUT2D eigenvalue weighted by Crippen LogP contribution is -2.57. The van der Waals surface area contributed by atoms with Gasteiger partial charge in [-0.2, -0.15) is 0 Å². The maximum absolute atomic E-state index is 14.1. The molecule has 1 saturated heterocycles. The number of amides is 2. The van der Waals surface area contributed by atoms with E-state index in [0.717, 1.165) is 6.42 Å². The third-order valence-electron chi connectivity index (χ3n) is 7.70. The van der Waals surface area contributed by atoms with E-state index in [1.54, 1.807) is 0 Å². The second-order valence-corrected chi connectivity index (χ2v) is 22.9. The van der Waals surface area contributed by atoms with Crippen LogP contribution in [0, 0.1) is 11.8 Å². The molecule has 1 saturated carbocycles. The van der Waals surface area contributed by atoms with E-state index in [1.807, 2.05) is 0 Å². The van der Waals surface area contributed by atoms with Gasteiger partial charge in [-0.05, 0) is 67.7 Å². The van der Waals surface area contributed by atoms with E-state index in [-0.39, 0.29) is 59.3 Å². The number of rotatable bonds is 10. The van der Waals surface area contributed by atoms with Gasteiger partial charge in [-0.15, -0.1) is 0 Å². The van der Waals surface area contributed by atoms with E-state index < -0.39 is 20.5 Å². The summed E-state index contributed by atoms with van der Waals surface area (Å²) in [6, 6.07) is 0.840. The summed E-state index contributed by atoms with van der Waals surface area (Å²) in [6.45, 7) is 29.4. The van der Waals surface area contributed by atoms with Crippen molar-refractivity contribution in [2.24, 2.45) is 11.8 Å². The van der Waals surface area contributed by atoms with Crippen LogP contribution in [-0.4, -0.2) is 75.9 Å². The Morgan fingerprint density at radius 2 is 1.38 bits per heavy atom. The van der Waals surface area contributed by atoms with E-state index in [4.69, 9.17) is 16.5 Å².